The van der Waals surface area contributed by atoms with Crippen molar-refractivity contribution in [1.29, 1.82) is 0 Å². The van der Waals surface area contributed by atoms with Crippen LogP contribution in [0.5, 0.6) is 0 Å². The van der Waals surface area contributed by atoms with Crippen LogP contribution in [0.3, 0.4) is 0 Å². The molecule has 2 saturated heterocycles. The van der Waals surface area contributed by atoms with Gasteiger partial charge in [0.1, 0.15) is 16.0 Å². The van der Waals surface area contributed by atoms with Gasteiger partial charge < -0.3 is 15.4 Å². The molecule has 1 aromatic carbocycles. The van der Waals surface area contributed by atoms with Gasteiger partial charge in [0.15, 0.2) is 11.6 Å². The number of halogens is 2. The predicted octanol–water partition coefficient (Wildman–Crippen LogP) is 5.55. The monoisotopic (exact) mass is 458 g/mol. The summed E-state index contributed by atoms with van der Waals surface area (Å²) < 4.78 is 35.7. The molecule has 2 aliphatic heterocycles. The van der Waals surface area contributed by atoms with Crippen molar-refractivity contribution in [1.82, 2.24) is 15.3 Å². The highest BCUT2D eigenvalue weighted by Gasteiger charge is 2.45. The van der Waals surface area contributed by atoms with E-state index in [1.807, 2.05) is 0 Å². The van der Waals surface area contributed by atoms with Crippen LogP contribution in [0, 0.1) is 11.6 Å². The van der Waals surface area contributed by atoms with Crippen LogP contribution in [0.4, 0.5) is 20.2 Å². The van der Waals surface area contributed by atoms with E-state index in [1.54, 1.807) is 23.6 Å². The first-order valence-corrected chi connectivity index (χ1v) is 12.0. The van der Waals surface area contributed by atoms with Crippen LogP contribution < -0.4 is 10.6 Å². The summed E-state index contributed by atoms with van der Waals surface area (Å²) in [5.41, 5.74) is 2.24. The Morgan fingerprint density at radius 3 is 2.94 bits per heavy atom. The van der Waals surface area contributed by atoms with Gasteiger partial charge in [0.2, 0.25) is 0 Å². The molecule has 3 aromatic heterocycles. The van der Waals surface area contributed by atoms with Gasteiger partial charge in [-0.3, -0.25) is 0 Å². The average Bonchev–Trinajstić information content (AvgIpc) is 3.50. The van der Waals surface area contributed by atoms with Gasteiger partial charge in [-0.1, -0.05) is 0 Å². The molecule has 1 spiro atoms. The summed E-state index contributed by atoms with van der Waals surface area (Å²) in [5, 5.41) is 7.60. The first-order valence-electron chi connectivity index (χ1n) is 10.3. The van der Waals surface area contributed by atoms with Crippen molar-refractivity contribution in [2.75, 3.05) is 25.1 Å². The summed E-state index contributed by atoms with van der Waals surface area (Å²) in [6.07, 6.45) is 4.74. The topological polar surface area (TPSA) is 59.1 Å². The van der Waals surface area contributed by atoms with Crippen molar-refractivity contribution in [2.24, 2.45) is 0 Å². The van der Waals surface area contributed by atoms with E-state index in [2.05, 4.69) is 26.7 Å². The highest BCUT2D eigenvalue weighted by Crippen LogP contribution is 2.46. The Morgan fingerprint density at radius 2 is 2.06 bits per heavy atom. The molecule has 2 N–H and O–H groups in total. The van der Waals surface area contributed by atoms with Gasteiger partial charge >= 0.3 is 0 Å². The molecular formula is C22H20F2N4OS2. The number of anilines is 2. The minimum absolute atomic E-state index is 0.0700. The second kappa shape index (κ2) is 7.44. The minimum Gasteiger partial charge on any atom is -0.381 e. The lowest BCUT2D eigenvalue weighted by molar-refractivity contribution is 0.0397. The predicted molar refractivity (Wildman–Crippen MR) is 121 cm³/mol. The normalized spacial score (nSPS) is 20.8. The van der Waals surface area contributed by atoms with Gasteiger partial charge in [0, 0.05) is 41.1 Å². The summed E-state index contributed by atoms with van der Waals surface area (Å²) in [4.78, 5) is 10.7. The molecule has 0 aliphatic carbocycles. The molecule has 9 heteroatoms. The van der Waals surface area contributed by atoms with E-state index in [4.69, 9.17) is 4.74 Å². The molecule has 6 rings (SSSR count). The van der Waals surface area contributed by atoms with Crippen LogP contribution in [-0.4, -0.2) is 35.3 Å². The maximum Gasteiger partial charge on any atom is 0.176 e. The molecule has 5 nitrogen and oxygen atoms in total. The third-order valence-corrected chi connectivity index (χ3v) is 8.47. The first-order chi connectivity index (χ1) is 15.1. The molecule has 160 valence electrons. The summed E-state index contributed by atoms with van der Waals surface area (Å²) >= 11 is 2.89. The molecule has 2 aliphatic rings. The largest absolute Gasteiger partial charge is 0.381 e. The minimum atomic E-state index is -0.669. The van der Waals surface area contributed by atoms with Crippen LogP contribution in [0.15, 0.2) is 29.9 Å². The van der Waals surface area contributed by atoms with E-state index in [9.17, 15) is 8.78 Å². The van der Waals surface area contributed by atoms with E-state index in [0.29, 0.717) is 16.3 Å². The highest BCUT2D eigenvalue weighted by atomic mass is 32.1. The lowest BCUT2D eigenvalue weighted by Crippen LogP contribution is -2.48. The number of ether oxygens (including phenoxy) is 1. The Labute approximate surface area is 185 Å². The van der Waals surface area contributed by atoms with Gasteiger partial charge in [-0.05, 0) is 44.0 Å². The fourth-order valence-corrected chi connectivity index (χ4v) is 6.94. The number of nitrogens with zero attached hydrogens (tertiary/aromatic N) is 2. The van der Waals surface area contributed by atoms with Crippen LogP contribution >= 0.6 is 22.7 Å². The second-order valence-corrected chi connectivity index (χ2v) is 10.1. The third kappa shape index (κ3) is 3.14. The number of hydrogen-bond donors (Lipinski definition) is 2. The van der Waals surface area contributed by atoms with Crippen LogP contribution in [0.25, 0.3) is 20.4 Å². The standard InChI is InChI=1S/C22H20F2N4OS2/c23-14-10-17-20(26-11-30-17)18(24)19(14)28-15-2-5-25-21-12(15)9-16(31-21)13-1-6-27-22(13)3-7-29-8-4-22/h2,5,9-11,13,27H,1,3-4,6-8H2,(H,25,28)/t13-/m0/s1. The molecule has 5 heterocycles. The second-order valence-electron chi connectivity index (χ2n) is 8.13. The van der Waals surface area contributed by atoms with Crippen LogP contribution in [0.2, 0.25) is 0 Å². The first kappa shape index (κ1) is 19.5. The van der Waals surface area contributed by atoms with E-state index < -0.39 is 11.6 Å². The summed E-state index contributed by atoms with van der Waals surface area (Å²) in [6.45, 7) is 2.54. The zero-order valence-electron chi connectivity index (χ0n) is 16.6. The maximum absolute atomic E-state index is 14.9. The van der Waals surface area contributed by atoms with Gasteiger partial charge in [-0.25, -0.2) is 18.7 Å². The number of thiophene rings is 1. The van der Waals surface area contributed by atoms with Crippen molar-refractivity contribution in [3.63, 3.8) is 0 Å². The lowest BCUT2D eigenvalue weighted by Gasteiger charge is -2.38. The summed E-state index contributed by atoms with van der Waals surface area (Å²) in [6, 6.07) is 5.23. The maximum atomic E-state index is 14.9. The molecular weight excluding hydrogens is 438 g/mol. The smallest absolute Gasteiger partial charge is 0.176 e. The number of nitrogens with one attached hydrogen (secondary N) is 2. The Morgan fingerprint density at radius 1 is 1.19 bits per heavy atom. The Kier molecular flexibility index (Phi) is 4.68. The number of thiazole rings is 1. The zero-order chi connectivity index (χ0) is 21.0. The fourth-order valence-electron chi connectivity index (χ4n) is 4.96. The molecule has 2 fully saturated rings. The molecule has 31 heavy (non-hydrogen) atoms. The Hall–Kier alpha value is -2.20. The van der Waals surface area contributed by atoms with Crippen molar-refractivity contribution in [2.45, 2.75) is 30.7 Å². The molecule has 4 aromatic rings. The van der Waals surface area contributed by atoms with Gasteiger partial charge in [-0.15, -0.1) is 22.7 Å². The van der Waals surface area contributed by atoms with E-state index in [1.165, 1.54) is 27.8 Å². The molecule has 0 unspecified atom stereocenters. The van der Waals surface area contributed by atoms with Crippen molar-refractivity contribution < 1.29 is 13.5 Å². The van der Waals surface area contributed by atoms with Gasteiger partial charge in [0.25, 0.3) is 0 Å². The van der Waals surface area contributed by atoms with E-state index in [-0.39, 0.29) is 16.7 Å². The molecule has 0 radical (unpaired) electrons. The Bertz CT molecular complexity index is 1280. The molecule has 0 amide bonds. The number of pyridine rings is 1. The fraction of sp³-hybridized carbons (Fsp3) is 0.364. The summed E-state index contributed by atoms with van der Waals surface area (Å²) in [7, 11) is 0. The number of hydrogen-bond acceptors (Lipinski definition) is 7. The van der Waals surface area contributed by atoms with Gasteiger partial charge in [0.05, 0.1) is 15.9 Å². The van der Waals surface area contributed by atoms with Crippen LogP contribution in [0.1, 0.15) is 30.1 Å². The molecule has 0 saturated carbocycles. The third-order valence-electron chi connectivity index (χ3n) is 6.54. The van der Waals surface area contributed by atoms with Crippen molar-refractivity contribution >= 4 is 54.5 Å². The van der Waals surface area contributed by atoms with Gasteiger partial charge in [-0.2, -0.15) is 0 Å². The average molecular weight is 459 g/mol. The number of rotatable bonds is 3. The number of benzene rings is 1. The molecule has 1 atom stereocenters. The highest BCUT2D eigenvalue weighted by molar-refractivity contribution is 7.18. The van der Waals surface area contributed by atoms with Crippen LogP contribution in [-0.2, 0) is 4.74 Å². The number of fused-ring (bicyclic) bond motifs is 2. The number of aromatic nitrogens is 2. The zero-order valence-corrected chi connectivity index (χ0v) is 18.2. The summed E-state index contributed by atoms with van der Waals surface area (Å²) in [5.74, 6) is -0.906. The Balaban J connectivity index is 1.40. The van der Waals surface area contributed by atoms with E-state index in [0.717, 1.165) is 49.2 Å². The van der Waals surface area contributed by atoms with Crippen molar-refractivity contribution in [3.8, 4) is 0 Å². The lowest BCUT2D eigenvalue weighted by atomic mass is 9.78. The SMILES string of the molecule is Fc1cc2scnc2c(F)c1Nc1ccnc2sc([C@@H]3CCNC34CCOCC4)cc12. The van der Waals surface area contributed by atoms with E-state index >= 15 is 0 Å². The quantitative estimate of drug-likeness (QED) is 0.421. The van der Waals surface area contributed by atoms with Crippen molar-refractivity contribution in [3.05, 3.63) is 46.4 Å². The molecule has 0 bridgehead atoms.